The molecule has 3 heteroatoms. The minimum absolute atomic E-state index is 0.0330. The van der Waals surface area contributed by atoms with E-state index >= 15 is 0 Å². The van der Waals surface area contributed by atoms with E-state index in [-0.39, 0.29) is 5.91 Å². The summed E-state index contributed by atoms with van der Waals surface area (Å²) in [5, 5.41) is 3.09. The molecular weight excluding hydrogens is 212 g/mol. The van der Waals surface area contributed by atoms with Crippen molar-refractivity contribution in [1.29, 1.82) is 0 Å². The van der Waals surface area contributed by atoms with E-state index in [0.717, 1.165) is 37.1 Å². The van der Waals surface area contributed by atoms with Crippen LogP contribution in [0, 0.1) is 17.8 Å². The third-order valence-electron chi connectivity index (χ3n) is 4.24. The molecule has 2 rings (SSSR count). The smallest absolute Gasteiger partial charge is 0.239 e. The summed E-state index contributed by atoms with van der Waals surface area (Å²) < 4.78 is 0. The van der Waals surface area contributed by atoms with Gasteiger partial charge in [0, 0.05) is 6.54 Å². The van der Waals surface area contributed by atoms with Crippen molar-refractivity contribution < 1.29 is 4.79 Å². The fourth-order valence-corrected chi connectivity index (χ4v) is 2.81. The molecule has 2 saturated carbocycles. The molecule has 1 amide bonds. The van der Waals surface area contributed by atoms with Gasteiger partial charge in [0.05, 0.1) is 5.54 Å². The molecule has 0 bridgehead atoms. The number of hydrogen-bond donors (Lipinski definition) is 2. The van der Waals surface area contributed by atoms with Gasteiger partial charge >= 0.3 is 0 Å². The molecule has 0 heterocycles. The van der Waals surface area contributed by atoms with Gasteiger partial charge in [-0.25, -0.2) is 0 Å². The largest absolute Gasteiger partial charge is 0.354 e. The Balaban J connectivity index is 1.77. The predicted octanol–water partition coefficient (Wildman–Crippen LogP) is 2.06. The molecule has 0 aromatic heterocycles. The van der Waals surface area contributed by atoms with Crippen LogP contribution in [-0.4, -0.2) is 18.0 Å². The van der Waals surface area contributed by atoms with Crippen LogP contribution in [0.1, 0.15) is 52.4 Å². The van der Waals surface area contributed by atoms with Gasteiger partial charge in [-0.05, 0) is 56.8 Å². The minimum Gasteiger partial charge on any atom is -0.354 e. The number of amides is 1. The average molecular weight is 238 g/mol. The standard InChI is InChI=1S/C14H26N2O/c1-3-8-14(2,15)13(17)16-9-12(10-4-5-10)11-6-7-11/h10-12H,3-9,15H2,1-2H3,(H,16,17). The average Bonchev–Trinajstić information content (AvgIpc) is 3.12. The molecule has 0 aliphatic heterocycles. The van der Waals surface area contributed by atoms with Crippen molar-refractivity contribution in [2.24, 2.45) is 23.5 Å². The molecule has 1 atom stereocenters. The normalized spacial score (nSPS) is 23.5. The van der Waals surface area contributed by atoms with Gasteiger partial charge in [-0.1, -0.05) is 13.3 Å². The fourth-order valence-electron chi connectivity index (χ4n) is 2.81. The number of hydrogen-bond acceptors (Lipinski definition) is 2. The Morgan fingerprint density at radius 3 is 2.29 bits per heavy atom. The van der Waals surface area contributed by atoms with Gasteiger partial charge in [-0.15, -0.1) is 0 Å². The number of carbonyl (C=O) groups is 1. The van der Waals surface area contributed by atoms with Gasteiger partial charge in [0.2, 0.25) is 5.91 Å². The van der Waals surface area contributed by atoms with E-state index in [1.54, 1.807) is 0 Å². The first-order chi connectivity index (χ1) is 8.04. The number of rotatable bonds is 7. The Morgan fingerprint density at radius 1 is 1.35 bits per heavy atom. The van der Waals surface area contributed by atoms with Gasteiger partial charge in [0.25, 0.3) is 0 Å². The lowest BCUT2D eigenvalue weighted by molar-refractivity contribution is -0.126. The maximum Gasteiger partial charge on any atom is 0.239 e. The Bertz CT molecular complexity index is 268. The van der Waals surface area contributed by atoms with Crippen LogP contribution in [0.2, 0.25) is 0 Å². The van der Waals surface area contributed by atoms with Crippen molar-refractivity contribution in [3.05, 3.63) is 0 Å². The quantitative estimate of drug-likeness (QED) is 0.713. The zero-order chi connectivity index (χ0) is 12.5. The van der Waals surface area contributed by atoms with Gasteiger partial charge < -0.3 is 11.1 Å². The Morgan fingerprint density at radius 2 is 1.88 bits per heavy atom. The second-order valence-corrected chi connectivity index (χ2v) is 6.22. The maximum absolute atomic E-state index is 12.0. The van der Waals surface area contributed by atoms with Crippen LogP contribution in [0.3, 0.4) is 0 Å². The molecule has 2 aliphatic rings. The highest BCUT2D eigenvalue weighted by molar-refractivity contribution is 5.85. The molecular formula is C14H26N2O. The third kappa shape index (κ3) is 3.44. The molecule has 1 unspecified atom stereocenters. The van der Waals surface area contributed by atoms with E-state index in [9.17, 15) is 4.79 Å². The van der Waals surface area contributed by atoms with E-state index < -0.39 is 5.54 Å². The van der Waals surface area contributed by atoms with Crippen LogP contribution in [-0.2, 0) is 4.79 Å². The second kappa shape index (κ2) is 4.97. The summed E-state index contributed by atoms with van der Waals surface area (Å²) in [4.78, 5) is 12.0. The molecule has 0 saturated heterocycles. The van der Waals surface area contributed by atoms with Crippen molar-refractivity contribution in [3.63, 3.8) is 0 Å². The highest BCUT2D eigenvalue weighted by Gasteiger charge is 2.41. The summed E-state index contributed by atoms with van der Waals surface area (Å²) in [6.45, 7) is 4.76. The second-order valence-electron chi connectivity index (χ2n) is 6.22. The topological polar surface area (TPSA) is 55.1 Å². The molecule has 2 fully saturated rings. The monoisotopic (exact) mass is 238 g/mol. The van der Waals surface area contributed by atoms with Crippen LogP contribution < -0.4 is 11.1 Å². The highest BCUT2D eigenvalue weighted by Crippen LogP contribution is 2.48. The predicted molar refractivity (Wildman–Crippen MR) is 69.4 cm³/mol. The molecule has 2 aliphatic carbocycles. The highest BCUT2D eigenvalue weighted by atomic mass is 16.2. The van der Waals surface area contributed by atoms with E-state index in [1.165, 1.54) is 25.7 Å². The first kappa shape index (κ1) is 12.9. The third-order valence-corrected chi connectivity index (χ3v) is 4.24. The zero-order valence-corrected chi connectivity index (χ0v) is 11.2. The van der Waals surface area contributed by atoms with Crippen LogP contribution in [0.5, 0.6) is 0 Å². The fraction of sp³-hybridized carbons (Fsp3) is 0.929. The van der Waals surface area contributed by atoms with Crippen LogP contribution in [0.25, 0.3) is 0 Å². The Hall–Kier alpha value is -0.570. The maximum atomic E-state index is 12.0. The zero-order valence-electron chi connectivity index (χ0n) is 11.2. The Kier molecular flexibility index (Phi) is 3.76. The van der Waals surface area contributed by atoms with Gasteiger partial charge in [-0.3, -0.25) is 4.79 Å². The molecule has 0 radical (unpaired) electrons. The minimum atomic E-state index is -0.688. The summed E-state index contributed by atoms with van der Waals surface area (Å²) in [6.07, 6.45) is 7.18. The molecule has 17 heavy (non-hydrogen) atoms. The lowest BCUT2D eigenvalue weighted by Crippen LogP contribution is -2.52. The van der Waals surface area contributed by atoms with Crippen molar-refractivity contribution in [2.75, 3.05) is 6.54 Å². The van der Waals surface area contributed by atoms with Gasteiger partial charge in [0.1, 0.15) is 0 Å². The van der Waals surface area contributed by atoms with Crippen molar-refractivity contribution in [1.82, 2.24) is 5.32 Å². The number of nitrogens with one attached hydrogen (secondary N) is 1. The molecule has 98 valence electrons. The van der Waals surface area contributed by atoms with E-state index in [4.69, 9.17) is 5.73 Å². The van der Waals surface area contributed by atoms with Crippen LogP contribution in [0.4, 0.5) is 0 Å². The van der Waals surface area contributed by atoms with E-state index in [2.05, 4.69) is 12.2 Å². The summed E-state index contributed by atoms with van der Waals surface area (Å²) in [5.41, 5.74) is 5.34. The molecule has 3 nitrogen and oxygen atoms in total. The van der Waals surface area contributed by atoms with Crippen molar-refractivity contribution in [2.45, 2.75) is 57.9 Å². The summed E-state index contributed by atoms with van der Waals surface area (Å²) in [5.74, 6) is 2.54. The van der Waals surface area contributed by atoms with Gasteiger partial charge in [-0.2, -0.15) is 0 Å². The summed E-state index contributed by atoms with van der Waals surface area (Å²) in [7, 11) is 0. The summed E-state index contributed by atoms with van der Waals surface area (Å²) in [6, 6.07) is 0. The van der Waals surface area contributed by atoms with Crippen molar-refractivity contribution in [3.8, 4) is 0 Å². The van der Waals surface area contributed by atoms with E-state index in [0.29, 0.717) is 0 Å². The van der Waals surface area contributed by atoms with Crippen molar-refractivity contribution >= 4 is 5.91 Å². The molecule has 0 aromatic carbocycles. The molecule has 0 aromatic rings. The summed E-state index contributed by atoms with van der Waals surface area (Å²) >= 11 is 0. The van der Waals surface area contributed by atoms with Crippen LogP contribution >= 0.6 is 0 Å². The lowest BCUT2D eigenvalue weighted by atomic mass is 9.94. The van der Waals surface area contributed by atoms with Crippen LogP contribution in [0.15, 0.2) is 0 Å². The number of carbonyl (C=O) groups excluding carboxylic acids is 1. The SMILES string of the molecule is CCCC(C)(N)C(=O)NCC(C1CC1)C1CC1. The van der Waals surface area contributed by atoms with E-state index in [1.807, 2.05) is 6.92 Å². The molecule has 3 N–H and O–H groups in total. The lowest BCUT2D eigenvalue weighted by Gasteiger charge is -2.25. The number of nitrogens with two attached hydrogens (primary N) is 1. The van der Waals surface area contributed by atoms with Gasteiger partial charge in [0.15, 0.2) is 0 Å². The molecule has 0 spiro atoms. The Labute approximate surface area is 105 Å². The first-order valence-corrected chi connectivity index (χ1v) is 7.11. The first-order valence-electron chi connectivity index (χ1n) is 7.11.